The zero-order valence-electron chi connectivity index (χ0n) is 9.15. The lowest BCUT2D eigenvalue weighted by molar-refractivity contribution is 0.126. The highest BCUT2D eigenvalue weighted by molar-refractivity contribution is 4.90. The fourth-order valence-electron chi connectivity index (χ4n) is 1.37. The van der Waals surface area contributed by atoms with E-state index in [1.165, 1.54) is 12.8 Å². The van der Waals surface area contributed by atoms with Crippen LogP contribution < -0.4 is 5.32 Å². The number of ether oxygens (including phenoxy) is 1. The minimum absolute atomic E-state index is 0.765. The van der Waals surface area contributed by atoms with Gasteiger partial charge in [-0.05, 0) is 18.8 Å². The highest BCUT2D eigenvalue weighted by atomic mass is 16.5. The van der Waals surface area contributed by atoms with Crippen LogP contribution in [0.1, 0.15) is 18.5 Å². The molecule has 84 valence electrons. The van der Waals surface area contributed by atoms with Gasteiger partial charge in [-0.1, -0.05) is 5.21 Å². The van der Waals surface area contributed by atoms with E-state index >= 15 is 0 Å². The molecule has 2 rings (SSSR count). The van der Waals surface area contributed by atoms with Crippen molar-refractivity contribution < 1.29 is 4.74 Å². The molecule has 1 aliphatic rings. The van der Waals surface area contributed by atoms with Crippen LogP contribution in [0.25, 0.3) is 0 Å². The molecule has 5 heteroatoms. The number of hydrogen-bond donors (Lipinski definition) is 1. The van der Waals surface area contributed by atoms with Crippen molar-refractivity contribution in [3.8, 4) is 0 Å². The van der Waals surface area contributed by atoms with Crippen LogP contribution >= 0.6 is 0 Å². The van der Waals surface area contributed by atoms with Crippen molar-refractivity contribution in [1.82, 2.24) is 20.3 Å². The first-order valence-electron chi connectivity index (χ1n) is 5.48. The van der Waals surface area contributed by atoms with Crippen LogP contribution in [0.3, 0.4) is 0 Å². The summed E-state index contributed by atoms with van der Waals surface area (Å²) in [5, 5.41) is 11.1. The SMILES string of the molecule is Cn1cc(CNCCOCC2CC2)nn1. The van der Waals surface area contributed by atoms with Crippen molar-refractivity contribution in [1.29, 1.82) is 0 Å². The molecule has 0 unspecified atom stereocenters. The van der Waals surface area contributed by atoms with E-state index in [4.69, 9.17) is 4.74 Å². The average Bonchev–Trinajstić information content (AvgIpc) is 2.95. The first-order chi connectivity index (χ1) is 7.34. The Morgan fingerprint density at radius 3 is 3.13 bits per heavy atom. The summed E-state index contributed by atoms with van der Waals surface area (Å²) in [5.74, 6) is 0.852. The number of rotatable bonds is 7. The monoisotopic (exact) mass is 210 g/mol. The van der Waals surface area contributed by atoms with Crippen LogP contribution in [-0.2, 0) is 18.3 Å². The second-order valence-electron chi connectivity index (χ2n) is 4.08. The van der Waals surface area contributed by atoms with Gasteiger partial charge < -0.3 is 10.1 Å². The third-order valence-corrected chi connectivity index (χ3v) is 2.43. The van der Waals surface area contributed by atoms with Gasteiger partial charge in [-0.25, -0.2) is 0 Å². The van der Waals surface area contributed by atoms with Crippen LogP contribution in [0.4, 0.5) is 0 Å². The van der Waals surface area contributed by atoms with E-state index in [2.05, 4.69) is 15.6 Å². The molecule has 1 aromatic heterocycles. The number of hydrogen-bond acceptors (Lipinski definition) is 4. The smallest absolute Gasteiger partial charge is 0.0964 e. The molecular formula is C10H18N4O. The summed E-state index contributed by atoms with van der Waals surface area (Å²) in [4.78, 5) is 0. The maximum Gasteiger partial charge on any atom is 0.0964 e. The highest BCUT2D eigenvalue weighted by Crippen LogP contribution is 2.28. The minimum Gasteiger partial charge on any atom is -0.380 e. The molecule has 1 saturated carbocycles. The fourth-order valence-corrected chi connectivity index (χ4v) is 1.37. The molecule has 0 atom stereocenters. The van der Waals surface area contributed by atoms with Crippen LogP contribution in [-0.4, -0.2) is 34.8 Å². The quantitative estimate of drug-likeness (QED) is 0.659. The first kappa shape index (κ1) is 10.6. The Hall–Kier alpha value is -0.940. The van der Waals surface area contributed by atoms with E-state index in [1.807, 2.05) is 13.2 Å². The van der Waals surface area contributed by atoms with Gasteiger partial charge in [-0.15, -0.1) is 5.10 Å². The second kappa shape index (κ2) is 5.23. The third kappa shape index (κ3) is 3.97. The standard InChI is InChI=1S/C10H18N4O/c1-14-7-10(12-13-14)6-11-4-5-15-8-9-2-3-9/h7,9,11H,2-6,8H2,1H3. The van der Waals surface area contributed by atoms with E-state index in [0.29, 0.717) is 0 Å². The van der Waals surface area contributed by atoms with E-state index in [0.717, 1.165) is 37.9 Å². The van der Waals surface area contributed by atoms with Crippen molar-refractivity contribution >= 4 is 0 Å². The van der Waals surface area contributed by atoms with Crippen molar-refractivity contribution in [2.24, 2.45) is 13.0 Å². The maximum absolute atomic E-state index is 5.50. The number of aromatic nitrogens is 3. The fraction of sp³-hybridized carbons (Fsp3) is 0.800. The van der Waals surface area contributed by atoms with Gasteiger partial charge >= 0.3 is 0 Å². The lowest BCUT2D eigenvalue weighted by atomic mass is 10.4. The molecule has 1 aromatic rings. The van der Waals surface area contributed by atoms with Gasteiger partial charge in [0.2, 0.25) is 0 Å². The van der Waals surface area contributed by atoms with Gasteiger partial charge in [0.25, 0.3) is 0 Å². The summed E-state index contributed by atoms with van der Waals surface area (Å²) < 4.78 is 7.21. The van der Waals surface area contributed by atoms with Crippen molar-refractivity contribution in [3.63, 3.8) is 0 Å². The summed E-state index contributed by atoms with van der Waals surface area (Å²) in [7, 11) is 1.87. The Balaban J connectivity index is 1.47. The Bertz CT molecular complexity index is 295. The molecule has 1 N–H and O–H groups in total. The normalized spacial score (nSPS) is 15.8. The largest absolute Gasteiger partial charge is 0.380 e. The minimum atomic E-state index is 0.765. The predicted octanol–water partition coefficient (Wildman–Crippen LogP) is 0.331. The summed E-state index contributed by atoms with van der Waals surface area (Å²) in [6.07, 6.45) is 4.62. The molecule has 0 amide bonds. The van der Waals surface area contributed by atoms with Crippen LogP contribution in [0.15, 0.2) is 6.20 Å². The Labute approximate surface area is 89.8 Å². The molecule has 0 saturated heterocycles. The zero-order chi connectivity index (χ0) is 10.5. The van der Waals surface area contributed by atoms with Gasteiger partial charge in [0.15, 0.2) is 0 Å². The van der Waals surface area contributed by atoms with E-state index in [1.54, 1.807) is 4.68 Å². The molecular weight excluding hydrogens is 192 g/mol. The van der Waals surface area contributed by atoms with Crippen LogP contribution in [0.2, 0.25) is 0 Å². The number of nitrogens with one attached hydrogen (secondary N) is 1. The highest BCUT2D eigenvalue weighted by Gasteiger charge is 2.20. The lowest BCUT2D eigenvalue weighted by Crippen LogP contribution is -2.19. The Morgan fingerprint density at radius 1 is 1.60 bits per heavy atom. The first-order valence-corrected chi connectivity index (χ1v) is 5.48. The van der Waals surface area contributed by atoms with Crippen LogP contribution in [0, 0.1) is 5.92 Å². The van der Waals surface area contributed by atoms with E-state index in [-0.39, 0.29) is 0 Å². The second-order valence-corrected chi connectivity index (χ2v) is 4.08. The molecule has 5 nitrogen and oxygen atoms in total. The summed E-state index contributed by atoms with van der Waals surface area (Å²) in [5.41, 5.74) is 0.972. The van der Waals surface area contributed by atoms with Crippen molar-refractivity contribution in [2.45, 2.75) is 19.4 Å². The van der Waals surface area contributed by atoms with Gasteiger partial charge in [0.1, 0.15) is 0 Å². The molecule has 15 heavy (non-hydrogen) atoms. The topological polar surface area (TPSA) is 52.0 Å². The Kier molecular flexibility index (Phi) is 3.69. The third-order valence-electron chi connectivity index (χ3n) is 2.43. The van der Waals surface area contributed by atoms with Crippen molar-refractivity contribution in [3.05, 3.63) is 11.9 Å². The van der Waals surface area contributed by atoms with Gasteiger partial charge in [0.05, 0.1) is 12.3 Å². The predicted molar refractivity (Wildman–Crippen MR) is 56.3 cm³/mol. The molecule has 0 bridgehead atoms. The van der Waals surface area contributed by atoms with Crippen LogP contribution in [0.5, 0.6) is 0 Å². The molecule has 1 fully saturated rings. The molecule has 0 aromatic carbocycles. The van der Waals surface area contributed by atoms with Gasteiger partial charge in [-0.2, -0.15) is 0 Å². The summed E-state index contributed by atoms with van der Waals surface area (Å²) >= 11 is 0. The molecule has 1 aliphatic carbocycles. The van der Waals surface area contributed by atoms with Crippen molar-refractivity contribution in [2.75, 3.05) is 19.8 Å². The zero-order valence-corrected chi connectivity index (χ0v) is 9.15. The maximum atomic E-state index is 5.50. The van der Waals surface area contributed by atoms with E-state index < -0.39 is 0 Å². The Morgan fingerprint density at radius 2 is 2.47 bits per heavy atom. The average molecular weight is 210 g/mol. The lowest BCUT2D eigenvalue weighted by Gasteiger charge is -2.03. The molecule has 0 aliphatic heterocycles. The van der Waals surface area contributed by atoms with Gasteiger partial charge in [0, 0.05) is 32.9 Å². The summed E-state index contributed by atoms with van der Waals surface area (Å²) in [6.45, 7) is 3.37. The molecule has 0 spiro atoms. The number of aryl methyl sites for hydroxylation is 1. The molecule has 1 heterocycles. The summed E-state index contributed by atoms with van der Waals surface area (Å²) in [6, 6.07) is 0. The van der Waals surface area contributed by atoms with E-state index in [9.17, 15) is 0 Å². The number of nitrogens with zero attached hydrogens (tertiary/aromatic N) is 3. The molecule has 0 radical (unpaired) electrons. The van der Waals surface area contributed by atoms with Gasteiger partial charge in [-0.3, -0.25) is 4.68 Å².